The summed E-state index contributed by atoms with van der Waals surface area (Å²) < 4.78 is 12.1. The van der Waals surface area contributed by atoms with Gasteiger partial charge in [0.25, 0.3) is 0 Å². The summed E-state index contributed by atoms with van der Waals surface area (Å²) in [5.41, 5.74) is 0. The van der Waals surface area contributed by atoms with E-state index in [0.717, 1.165) is 19.4 Å². The van der Waals surface area contributed by atoms with Crippen LogP contribution in [0, 0.1) is 0 Å². The van der Waals surface area contributed by atoms with Crippen LogP contribution in [-0.4, -0.2) is 38.1 Å². The van der Waals surface area contributed by atoms with Crippen molar-refractivity contribution in [1.82, 2.24) is 0 Å². The molecule has 1 saturated carbocycles. The number of likely N-dealkylation sites (tertiary alicyclic amines) is 1. The summed E-state index contributed by atoms with van der Waals surface area (Å²) in [6, 6.07) is 0. The van der Waals surface area contributed by atoms with Crippen molar-refractivity contribution >= 4 is 0 Å². The highest BCUT2D eigenvalue weighted by Crippen LogP contribution is 2.38. The van der Waals surface area contributed by atoms with Crippen LogP contribution in [0.1, 0.15) is 44.9 Å². The Balaban J connectivity index is 1.49. The molecule has 2 saturated heterocycles. The van der Waals surface area contributed by atoms with Gasteiger partial charge in [0.2, 0.25) is 0 Å². The molecule has 1 aliphatic carbocycles. The second kappa shape index (κ2) is 4.63. The molecule has 16 heavy (non-hydrogen) atoms. The fraction of sp³-hybridized carbons (Fsp3) is 1.00. The van der Waals surface area contributed by atoms with Crippen molar-refractivity contribution in [2.75, 3.05) is 26.2 Å². The lowest BCUT2D eigenvalue weighted by Gasteiger charge is -2.26. The van der Waals surface area contributed by atoms with E-state index in [2.05, 4.69) is 0 Å². The Bertz CT molecular complexity index is 232. The predicted octanol–water partition coefficient (Wildman–Crippen LogP) is 0.741. The van der Waals surface area contributed by atoms with Crippen LogP contribution in [0.2, 0.25) is 0 Å². The van der Waals surface area contributed by atoms with E-state index >= 15 is 0 Å². The maximum absolute atomic E-state index is 6.17. The zero-order valence-electron chi connectivity index (χ0n) is 10.2. The number of rotatable bonds is 2. The fourth-order valence-electron chi connectivity index (χ4n) is 3.47. The SMILES string of the molecule is C1CC[NH+](C[C@H]2COC3(CCCC3)O2)CC1. The number of hydrogen-bond acceptors (Lipinski definition) is 2. The van der Waals surface area contributed by atoms with Crippen LogP contribution in [-0.2, 0) is 9.47 Å². The number of quaternary nitrogens is 1. The van der Waals surface area contributed by atoms with E-state index in [1.54, 1.807) is 4.90 Å². The lowest BCUT2D eigenvalue weighted by molar-refractivity contribution is -0.907. The Morgan fingerprint density at radius 2 is 1.75 bits per heavy atom. The van der Waals surface area contributed by atoms with Crippen LogP contribution in [0.4, 0.5) is 0 Å². The normalized spacial score (nSPS) is 34.9. The summed E-state index contributed by atoms with van der Waals surface area (Å²) in [6.45, 7) is 4.69. The van der Waals surface area contributed by atoms with E-state index in [9.17, 15) is 0 Å². The van der Waals surface area contributed by atoms with Gasteiger partial charge in [0.1, 0.15) is 12.6 Å². The van der Waals surface area contributed by atoms with Crippen molar-refractivity contribution in [3.63, 3.8) is 0 Å². The molecule has 0 aromatic heterocycles. The minimum Gasteiger partial charge on any atom is -0.347 e. The Morgan fingerprint density at radius 3 is 2.50 bits per heavy atom. The maximum atomic E-state index is 6.17. The van der Waals surface area contributed by atoms with Crippen LogP contribution in [0.25, 0.3) is 0 Å². The summed E-state index contributed by atoms with van der Waals surface area (Å²) in [4.78, 5) is 1.73. The van der Waals surface area contributed by atoms with E-state index in [1.165, 1.54) is 51.7 Å². The van der Waals surface area contributed by atoms with Crippen molar-refractivity contribution in [3.8, 4) is 0 Å². The molecule has 3 nitrogen and oxygen atoms in total. The van der Waals surface area contributed by atoms with Gasteiger partial charge in [0.15, 0.2) is 5.79 Å². The first-order valence-corrected chi connectivity index (χ1v) is 7.02. The van der Waals surface area contributed by atoms with E-state index in [-0.39, 0.29) is 5.79 Å². The van der Waals surface area contributed by atoms with Crippen molar-refractivity contribution in [2.24, 2.45) is 0 Å². The Hall–Kier alpha value is -0.120. The summed E-state index contributed by atoms with van der Waals surface area (Å²) in [5, 5.41) is 0. The van der Waals surface area contributed by atoms with E-state index in [0.29, 0.717) is 6.10 Å². The first kappa shape index (κ1) is 11.0. The first-order valence-electron chi connectivity index (χ1n) is 7.02. The summed E-state index contributed by atoms with van der Waals surface area (Å²) in [7, 11) is 0. The molecule has 1 spiro atoms. The van der Waals surface area contributed by atoms with Gasteiger partial charge in [-0.2, -0.15) is 0 Å². The third-order valence-corrected chi connectivity index (χ3v) is 4.36. The molecule has 0 aromatic carbocycles. The first-order chi connectivity index (χ1) is 7.86. The molecule has 0 radical (unpaired) electrons. The van der Waals surface area contributed by atoms with Crippen LogP contribution >= 0.6 is 0 Å². The predicted molar refractivity (Wildman–Crippen MR) is 61.4 cm³/mol. The van der Waals surface area contributed by atoms with Gasteiger partial charge in [-0.3, -0.25) is 0 Å². The Labute approximate surface area is 98.1 Å². The molecular formula is C13H24NO2+. The van der Waals surface area contributed by atoms with Crippen LogP contribution in [0.15, 0.2) is 0 Å². The van der Waals surface area contributed by atoms with Crippen molar-refractivity contribution in [1.29, 1.82) is 0 Å². The number of piperidine rings is 1. The van der Waals surface area contributed by atoms with Crippen molar-refractivity contribution in [3.05, 3.63) is 0 Å². The monoisotopic (exact) mass is 226 g/mol. The molecule has 3 fully saturated rings. The quantitative estimate of drug-likeness (QED) is 0.750. The molecule has 3 heteroatoms. The molecule has 0 bridgehead atoms. The number of hydrogen-bond donors (Lipinski definition) is 1. The van der Waals surface area contributed by atoms with Gasteiger partial charge in [0, 0.05) is 12.8 Å². The van der Waals surface area contributed by atoms with Crippen LogP contribution < -0.4 is 4.90 Å². The standard InChI is InChI=1S/C13H23NO2/c1-4-8-14(9-5-1)10-12-11-15-13(16-12)6-2-3-7-13/h12H,1-11H2/p+1/t12-/m0/s1. The van der Waals surface area contributed by atoms with Gasteiger partial charge in [-0.1, -0.05) is 0 Å². The van der Waals surface area contributed by atoms with Crippen molar-refractivity contribution in [2.45, 2.75) is 56.8 Å². The average molecular weight is 226 g/mol. The molecule has 2 aliphatic heterocycles. The summed E-state index contributed by atoms with van der Waals surface area (Å²) in [6.07, 6.45) is 9.40. The summed E-state index contributed by atoms with van der Waals surface area (Å²) >= 11 is 0. The lowest BCUT2D eigenvalue weighted by Crippen LogP contribution is -3.13. The highest BCUT2D eigenvalue weighted by molar-refractivity contribution is 4.83. The fourth-order valence-corrected chi connectivity index (χ4v) is 3.47. The zero-order chi connectivity index (χ0) is 10.8. The maximum Gasteiger partial charge on any atom is 0.169 e. The topological polar surface area (TPSA) is 22.9 Å². The minimum atomic E-state index is -0.153. The molecule has 0 aromatic rings. The van der Waals surface area contributed by atoms with Crippen LogP contribution in [0.5, 0.6) is 0 Å². The van der Waals surface area contributed by atoms with Crippen molar-refractivity contribution < 1.29 is 14.4 Å². The molecule has 0 amide bonds. The minimum absolute atomic E-state index is 0.153. The van der Waals surface area contributed by atoms with E-state index in [4.69, 9.17) is 9.47 Å². The summed E-state index contributed by atoms with van der Waals surface area (Å²) in [5.74, 6) is -0.153. The molecule has 0 unspecified atom stereocenters. The second-order valence-electron chi connectivity index (χ2n) is 5.68. The van der Waals surface area contributed by atoms with E-state index < -0.39 is 0 Å². The molecule has 1 N–H and O–H groups in total. The Kier molecular flexibility index (Phi) is 3.18. The smallest absolute Gasteiger partial charge is 0.169 e. The number of nitrogens with one attached hydrogen (secondary N) is 1. The number of ether oxygens (including phenoxy) is 2. The zero-order valence-corrected chi connectivity index (χ0v) is 10.2. The third kappa shape index (κ3) is 2.27. The highest BCUT2D eigenvalue weighted by Gasteiger charge is 2.44. The second-order valence-corrected chi connectivity index (χ2v) is 5.68. The Morgan fingerprint density at radius 1 is 1.00 bits per heavy atom. The molecule has 92 valence electrons. The van der Waals surface area contributed by atoms with E-state index in [1.807, 2.05) is 0 Å². The van der Waals surface area contributed by atoms with Gasteiger partial charge in [-0.25, -0.2) is 0 Å². The average Bonchev–Trinajstić information content (AvgIpc) is 2.92. The van der Waals surface area contributed by atoms with Gasteiger partial charge >= 0.3 is 0 Å². The van der Waals surface area contributed by atoms with Gasteiger partial charge in [-0.05, 0) is 32.1 Å². The van der Waals surface area contributed by atoms with Gasteiger partial charge < -0.3 is 14.4 Å². The molecule has 1 atom stereocenters. The third-order valence-electron chi connectivity index (χ3n) is 4.36. The largest absolute Gasteiger partial charge is 0.347 e. The van der Waals surface area contributed by atoms with Crippen LogP contribution in [0.3, 0.4) is 0 Å². The van der Waals surface area contributed by atoms with Gasteiger partial charge in [0.05, 0.1) is 19.7 Å². The lowest BCUT2D eigenvalue weighted by atomic mass is 10.1. The highest BCUT2D eigenvalue weighted by atomic mass is 16.7. The molecule has 3 rings (SSSR count). The molecular weight excluding hydrogens is 202 g/mol. The van der Waals surface area contributed by atoms with Gasteiger partial charge in [-0.15, -0.1) is 0 Å². The molecule has 3 aliphatic rings. The molecule has 2 heterocycles.